The largest absolute Gasteiger partial charge is 0.369 e. The van der Waals surface area contributed by atoms with E-state index in [0.29, 0.717) is 0 Å². The van der Waals surface area contributed by atoms with E-state index >= 15 is 0 Å². The standard InChI is InChI=1S/C10H10FNO2/c1-6(13)8-4-2-3-7(10(8)11)5-9(12)14/h2-4H,5H2,1H3,(H2,12,14). The van der Waals surface area contributed by atoms with Gasteiger partial charge in [0.25, 0.3) is 0 Å². The Bertz CT molecular complexity index is 388. The molecule has 0 aromatic heterocycles. The van der Waals surface area contributed by atoms with E-state index in [-0.39, 0.29) is 23.3 Å². The van der Waals surface area contributed by atoms with Crippen LogP contribution in [-0.4, -0.2) is 11.7 Å². The number of hydrogen-bond donors (Lipinski definition) is 1. The van der Waals surface area contributed by atoms with Gasteiger partial charge in [0.15, 0.2) is 5.78 Å². The predicted octanol–water partition coefficient (Wildman–Crippen LogP) is 1.06. The molecular weight excluding hydrogens is 185 g/mol. The molecule has 0 radical (unpaired) electrons. The third-order valence-corrected chi connectivity index (χ3v) is 1.82. The number of hydrogen-bond acceptors (Lipinski definition) is 2. The summed E-state index contributed by atoms with van der Waals surface area (Å²) in [5.74, 6) is -1.64. The third-order valence-electron chi connectivity index (χ3n) is 1.82. The first-order valence-corrected chi connectivity index (χ1v) is 4.09. The molecule has 0 heterocycles. The summed E-state index contributed by atoms with van der Waals surface area (Å²) in [6.07, 6.45) is -0.188. The fourth-order valence-electron chi connectivity index (χ4n) is 1.18. The molecule has 3 nitrogen and oxygen atoms in total. The van der Waals surface area contributed by atoms with Gasteiger partial charge in [0.2, 0.25) is 5.91 Å². The minimum atomic E-state index is -0.654. The van der Waals surface area contributed by atoms with Crippen molar-refractivity contribution in [2.24, 2.45) is 5.73 Å². The Hall–Kier alpha value is -1.71. The van der Waals surface area contributed by atoms with Crippen LogP contribution >= 0.6 is 0 Å². The summed E-state index contributed by atoms with van der Waals surface area (Å²) in [6.45, 7) is 1.27. The van der Waals surface area contributed by atoms with E-state index in [1.807, 2.05) is 0 Å². The zero-order valence-corrected chi connectivity index (χ0v) is 7.71. The summed E-state index contributed by atoms with van der Waals surface area (Å²) >= 11 is 0. The van der Waals surface area contributed by atoms with Gasteiger partial charge in [-0.2, -0.15) is 0 Å². The van der Waals surface area contributed by atoms with Gasteiger partial charge >= 0.3 is 0 Å². The highest BCUT2D eigenvalue weighted by atomic mass is 19.1. The number of primary amides is 1. The lowest BCUT2D eigenvalue weighted by Crippen LogP contribution is -2.15. The predicted molar refractivity (Wildman–Crippen MR) is 49.3 cm³/mol. The Morgan fingerprint density at radius 3 is 2.57 bits per heavy atom. The fraction of sp³-hybridized carbons (Fsp3) is 0.200. The molecule has 2 N–H and O–H groups in total. The van der Waals surface area contributed by atoms with E-state index in [2.05, 4.69) is 0 Å². The van der Waals surface area contributed by atoms with Gasteiger partial charge in [-0.25, -0.2) is 4.39 Å². The molecule has 1 aromatic carbocycles. The zero-order valence-electron chi connectivity index (χ0n) is 7.71. The number of carbonyl (C=O) groups is 2. The molecule has 14 heavy (non-hydrogen) atoms. The average Bonchev–Trinajstić information content (AvgIpc) is 2.07. The lowest BCUT2D eigenvalue weighted by molar-refractivity contribution is -0.117. The van der Waals surface area contributed by atoms with Crippen LogP contribution in [-0.2, 0) is 11.2 Å². The topological polar surface area (TPSA) is 60.2 Å². The van der Waals surface area contributed by atoms with Crippen LogP contribution in [0.4, 0.5) is 4.39 Å². The van der Waals surface area contributed by atoms with Crippen LogP contribution in [0.25, 0.3) is 0 Å². The first kappa shape index (κ1) is 10.4. The van der Waals surface area contributed by atoms with Crippen LogP contribution < -0.4 is 5.73 Å². The number of nitrogens with two attached hydrogens (primary N) is 1. The number of ketones is 1. The maximum atomic E-state index is 13.5. The molecule has 1 aromatic rings. The molecule has 0 saturated heterocycles. The molecule has 4 heteroatoms. The van der Waals surface area contributed by atoms with Crippen molar-refractivity contribution >= 4 is 11.7 Å². The highest BCUT2D eigenvalue weighted by molar-refractivity contribution is 5.94. The van der Waals surface area contributed by atoms with Crippen molar-refractivity contribution in [3.05, 3.63) is 35.1 Å². The third kappa shape index (κ3) is 2.16. The Kier molecular flexibility index (Phi) is 2.96. The van der Waals surface area contributed by atoms with Crippen LogP contribution in [0.15, 0.2) is 18.2 Å². The van der Waals surface area contributed by atoms with Crippen LogP contribution in [0.5, 0.6) is 0 Å². The minimum absolute atomic E-state index is 0.0104. The number of rotatable bonds is 3. The second-order valence-corrected chi connectivity index (χ2v) is 2.98. The molecular formula is C10H10FNO2. The first-order valence-electron chi connectivity index (χ1n) is 4.09. The second-order valence-electron chi connectivity index (χ2n) is 2.98. The second kappa shape index (κ2) is 4.00. The van der Waals surface area contributed by atoms with Crippen molar-refractivity contribution in [2.45, 2.75) is 13.3 Å². The van der Waals surface area contributed by atoms with Crippen LogP contribution in [0.1, 0.15) is 22.8 Å². The summed E-state index contributed by atoms with van der Waals surface area (Å²) < 4.78 is 13.5. The molecule has 0 bridgehead atoms. The molecule has 1 amide bonds. The maximum absolute atomic E-state index is 13.5. The molecule has 0 fully saturated rings. The Labute approximate surface area is 80.7 Å². The highest BCUT2D eigenvalue weighted by Gasteiger charge is 2.12. The van der Waals surface area contributed by atoms with E-state index in [4.69, 9.17) is 5.73 Å². The van der Waals surface area contributed by atoms with Gasteiger partial charge in [0.05, 0.1) is 12.0 Å². The number of carbonyl (C=O) groups excluding carboxylic acids is 2. The first-order chi connectivity index (χ1) is 6.52. The highest BCUT2D eigenvalue weighted by Crippen LogP contribution is 2.13. The molecule has 0 saturated carbocycles. The van der Waals surface area contributed by atoms with Crippen molar-refractivity contribution in [3.63, 3.8) is 0 Å². The van der Waals surface area contributed by atoms with Crippen molar-refractivity contribution in [1.82, 2.24) is 0 Å². The Morgan fingerprint density at radius 2 is 2.07 bits per heavy atom. The van der Waals surface area contributed by atoms with Gasteiger partial charge in [-0.1, -0.05) is 12.1 Å². The number of benzene rings is 1. The van der Waals surface area contributed by atoms with E-state index in [1.165, 1.54) is 25.1 Å². The van der Waals surface area contributed by atoms with Gasteiger partial charge in [-0.3, -0.25) is 9.59 Å². The quantitative estimate of drug-likeness (QED) is 0.733. The molecule has 1 rings (SSSR count). The summed E-state index contributed by atoms with van der Waals surface area (Å²) in [6, 6.07) is 4.34. The van der Waals surface area contributed by atoms with Gasteiger partial charge in [0.1, 0.15) is 5.82 Å². The molecule has 0 unspecified atom stereocenters. The van der Waals surface area contributed by atoms with Crippen molar-refractivity contribution < 1.29 is 14.0 Å². The maximum Gasteiger partial charge on any atom is 0.221 e. The minimum Gasteiger partial charge on any atom is -0.369 e. The number of amides is 1. The van der Waals surface area contributed by atoms with E-state index in [1.54, 1.807) is 0 Å². The smallest absolute Gasteiger partial charge is 0.221 e. The summed E-state index contributed by atoms with van der Waals surface area (Å²) in [5.41, 5.74) is 5.08. The summed E-state index contributed by atoms with van der Waals surface area (Å²) in [5, 5.41) is 0. The summed E-state index contributed by atoms with van der Waals surface area (Å²) in [7, 11) is 0. The fourth-order valence-corrected chi connectivity index (χ4v) is 1.18. The van der Waals surface area contributed by atoms with Gasteiger partial charge in [-0.05, 0) is 18.6 Å². The van der Waals surface area contributed by atoms with E-state index in [0.717, 1.165) is 0 Å². The van der Waals surface area contributed by atoms with Crippen LogP contribution in [0.2, 0.25) is 0 Å². The van der Waals surface area contributed by atoms with E-state index < -0.39 is 11.7 Å². The van der Waals surface area contributed by atoms with Gasteiger partial charge in [0, 0.05) is 0 Å². The molecule has 0 aliphatic carbocycles. The Morgan fingerprint density at radius 1 is 1.43 bits per heavy atom. The average molecular weight is 195 g/mol. The lowest BCUT2D eigenvalue weighted by atomic mass is 10.0. The SMILES string of the molecule is CC(=O)c1cccc(CC(N)=O)c1F. The van der Waals surface area contributed by atoms with Crippen LogP contribution in [0.3, 0.4) is 0 Å². The summed E-state index contributed by atoms with van der Waals surface area (Å²) in [4.78, 5) is 21.5. The zero-order chi connectivity index (χ0) is 10.7. The molecule has 0 spiro atoms. The van der Waals surface area contributed by atoms with Crippen molar-refractivity contribution in [2.75, 3.05) is 0 Å². The molecule has 0 aliphatic rings. The van der Waals surface area contributed by atoms with Crippen molar-refractivity contribution in [1.29, 1.82) is 0 Å². The van der Waals surface area contributed by atoms with Gasteiger partial charge < -0.3 is 5.73 Å². The van der Waals surface area contributed by atoms with Gasteiger partial charge in [-0.15, -0.1) is 0 Å². The molecule has 0 aliphatic heterocycles. The number of Topliss-reactive ketones (excluding diaryl/α,β-unsaturated/α-hetero) is 1. The monoisotopic (exact) mass is 195 g/mol. The van der Waals surface area contributed by atoms with E-state index in [9.17, 15) is 14.0 Å². The Balaban J connectivity index is 3.13. The normalized spacial score (nSPS) is 9.86. The molecule has 0 atom stereocenters. The lowest BCUT2D eigenvalue weighted by Gasteiger charge is -2.03. The van der Waals surface area contributed by atoms with Crippen LogP contribution in [0, 0.1) is 5.82 Å². The van der Waals surface area contributed by atoms with Crippen molar-refractivity contribution in [3.8, 4) is 0 Å². The molecule has 74 valence electrons. The number of halogens is 1.